The smallest absolute Gasteiger partial charge is 0.0312 e. The van der Waals surface area contributed by atoms with Crippen LogP contribution in [0.4, 0.5) is 0 Å². The number of aromatic nitrogens is 1. The first-order chi connectivity index (χ1) is 7.43. The second kappa shape index (κ2) is 8.38. The van der Waals surface area contributed by atoms with Crippen molar-refractivity contribution in [2.45, 2.75) is 26.3 Å². The lowest BCUT2D eigenvalue weighted by Crippen LogP contribution is -2.22. The molecule has 0 radical (unpaired) electrons. The molecule has 84 valence electrons. The topological polar surface area (TPSA) is 37.0 Å². The van der Waals surface area contributed by atoms with Gasteiger partial charge in [-0.3, -0.25) is 4.98 Å². The molecule has 0 saturated carbocycles. The summed E-state index contributed by atoms with van der Waals surface area (Å²) in [5.74, 6) is 0. The van der Waals surface area contributed by atoms with E-state index in [0.29, 0.717) is 0 Å². The predicted octanol–water partition coefficient (Wildman–Crippen LogP) is 1.56. The summed E-state index contributed by atoms with van der Waals surface area (Å²) in [6.45, 7) is 6.40. The van der Waals surface area contributed by atoms with E-state index in [2.05, 4.69) is 28.6 Å². The highest BCUT2D eigenvalue weighted by Crippen LogP contribution is 1.93. The van der Waals surface area contributed by atoms with Gasteiger partial charge >= 0.3 is 0 Å². The third kappa shape index (κ3) is 6.20. The Hall–Kier alpha value is -0.930. The van der Waals surface area contributed by atoms with Gasteiger partial charge in [-0.2, -0.15) is 0 Å². The van der Waals surface area contributed by atoms with Gasteiger partial charge in [-0.1, -0.05) is 13.0 Å². The van der Waals surface area contributed by atoms with Gasteiger partial charge in [0.1, 0.15) is 0 Å². The van der Waals surface area contributed by atoms with Crippen LogP contribution in [0.1, 0.15) is 25.3 Å². The third-order valence-electron chi connectivity index (χ3n) is 2.19. The molecule has 0 fully saturated rings. The van der Waals surface area contributed by atoms with Crippen molar-refractivity contribution in [3.8, 4) is 0 Å². The van der Waals surface area contributed by atoms with Gasteiger partial charge in [0.25, 0.3) is 0 Å². The maximum absolute atomic E-state index is 4.07. The fourth-order valence-electron chi connectivity index (χ4n) is 1.38. The van der Waals surface area contributed by atoms with E-state index in [1.807, 2.05) is 12.3 Å². The van der Waals surface area contributed by atoms with E-state index >= 15 is 0 Å². The molecule has 0 unspecified atom stereocenters. The summed E-state index contributed by atoms with van der Waals surface area (Å²) in [5.41, 5.74) is 1.25. The molecule has 0 atom stereocenters. The monoisotopic (exact) mass is 207 g/mol. The Labute approximate surface area is 92.3 Å². The largest absolute Gasteiger partial charge is 0.317 e. The number of nitrogens with one attached hydrogen (secondary N) is 2. The van der Waals surface area contributed by atoms with Crippen LogP contribution in [-0.2, 0) is 6.54 Å². The fraction of sp³-hybridized carbons (Fsp3) is 0.583. The molecule has 1 aromatic rings. The number of hydrogen-bond acceptors (Lipinski definition) is 3. The van der Waals surface area contributed by atoms with Gasteiger partial charge in [0.05, 0.1) is 0 Å². The summed E-state index contributed by atoms with van der Waals surface area (Å²) in [6.07, 6.45) is 6.10. The quantitative estimate of drug-likeness (QED) is 0.635. The minimum Gasteiger partial charge on any atom is -0.317 e. The minimum absolute atomic E-state index is 0.918. The highest BCUT2D eigenvalue weighted by Gasteiger charge is 1.91. The maximum atomic E-state index is 4.07. The zero-order valence-electron chi connectivity index (χ0n) is 9.50. The molecule has 0 amide bonds. The van der Waals surface area contributed by atoms with Crippen LogP contribution in [0.3, 0.4) is 0 Å². The molecule has 1 rings (SSSR count). The van der Waals surface area contributed by atoms with Crippen molar-refractivity contribution >= 4 is 0 Å². The number of pyridine rings is 1. The lowest BCUT2D eigenvalue weighted by molar-refractivity contribution is 0.592. The molecular formula is C12H21N3. The summed E-state index contributed by atoms with van der Waals surface area (Å²) >= 11 is 0. The van der Waals surface area contributed by atoms with Gasteiger partial charge < -0.3 is 10.6 Å². The molecule has 3 heteroatoms. The van der Waals surface area contributed by atoms with E-state index in [4.69, 9.17) is 0 Å². The lowest BCUT2D eigenvalue weighted by atomic mass is 10.3. The van der Waals surface area contributed by atoms with Crippen molar-refractivity contribution in [2.75, 3.05) is 19.6 Å². The summed E-state index contributed by atoms with van der Waals surface area (Å²) in [6, 6.07) is 4.06. The molecule has 15 heavy (non-hydrogen) atoms. The summed E-state index contributed by atoms with van der Waals surface area (Å²) in [5, 5.41) is 6.78. The molecule has 0 bridgehead atoms. The molecule has 0 aliphatic heterocycles. The highest BCUT2D eigenvalue weighted by atomic mass is 14.9. The van der Waals surface area contributed by atoms with Crippen LogP contribution in [0.25, 0.3) is 0 Å². The average molecular weight is 207 g/mol. The Balaban J connectivity index is 1.93. The minimum atomic E-state index is 0.918. The van der Waals surface area contributed by atoms with E-state index in [9.17, 15) is 0 Å². The van der Waals surface area contributed by atoms with Crippen LogP contribution >= 0.6 is 0 Å². The average Bonchev–Trinajstić information content (AvgIpc) is 2.29. The Morgan fingerprint density at radius 1 is 1.20 bits per heavy atom. The Morgan fingerprint density at radius 3 is 2.80 bits per heavy atom. The predicted molar refractivity (Wildman–Crippen MR) is 63.7 cm³/mol. The van der Waals surface area contributed by atoms with Crippen LogP contribution < -0.4 is 10.6 Å². The lowest BCUT2D eigenvalue weighted by Gasteiger charge is -2.05. The normalized spacial score (nSPS) is 10.5. The molecule has 0 aliphatic rings. The van der Waals surface area contributed by atoms with Crippen LogP contribution in [0.15, 0.2) is 24.5 Å². The second-order valence-electron chi connectivity index (χ2n) is 3.64. The van der Waals surface area contributed by atoms with Gasteiger partial charge in [0.15, 0.2) is 0 Å². The van der Waals surface area contributed by atoms with Crippen LogP contribution in [0, 0.1) is 0 Å². The van der Waals surface area contributed by atoms with Gasteiger partial charge in [-0.25, -0.2) is 0 Å². The fourth-order valence-corrected chi connectivity index (χ4v) is 1.38. The van der Waals surface area contributed by atoms with Crippen LogP contribution in [0.2, 0.25) is 0 Å². The van der Waals surface area contributed by atoms with Gasteiger partial charge in [-0.05, 0) is 44.1 Å². The zero-order chi connectivity index (χ0) is 10.8. The van der Waals surface area contributed by atoms with E-state index in [1.165, 1.54) is 18.4 Å². The summed E-state index contributed by atoms with van der Waals surface area (Å²) in [4.78, 5) is 4.07. The third-order valence-corrected chi connectivity index (χ3v) is 2.19. The van der Waals surface area contributed by atoms with Crippen LogP contribution in [-0.4, -0.2) is 24.6 Å². The molecule has 3 nitrogen and oxygen atoms in total. The Kier molecular flexibility index (Phi) is 6.79. The summed E-state index contributed by atoms with van der Waals surface area (Å²) < 4.78 is 0. The standard InChI is InChI=1S/C12H21N3/c1-2-6-13-8-4-9-15-11-12-5-3-7-14-10-12/h3,5,7,10,13,15H,2,4,6,8-9,11H2,1H3. The summed E-state index contributed by atoms with van der Waals surface area (Å²) in [7, 11) is 0. The first-order valence-corrected chi connectivity index (χ1v) is 5.74. The number of rotatable bonds is 8. The van der Waals surface area contributed by atoms with Crippen LogP contribution in [0.5, 0.6) is 0 Å². The molecule has 0 aliphatic carbocycles. The molecule has 0 aromatic carbocycles. The molecule has 0 spiro atoms. The van der Waals surface area contributed by atoms with Crippen molar-refractivity contribution in [1.29, 1.82) is 0 Å². The maximum Gasteiger partial charge on any atom is 0.0312 e. The van der Waals surface area contributed by atoms with Gasteiger partial charge in [-0.15, -0.1) is 0 Å². The van der Waals surface area contributed by atoms with Crippen molar-refractivity contribution in [3.05, 3.63) is 30.1 Å². The Bertz CT molecular complexity index is 236. The molecular weight excluding hydrogens is 186 g/mol. The van der Waals surface area contributed by atoms with Gasteiger partial charge in [0, 0.05) is 18.9 Å². The van der Waals surface area contributed by atoms with Crippen molar-refractivity contribution in [3.63, 3.8) is 0 Å². The first-order valence-electron chi connectivity index (χ1n) is 5.74. The van der Waals surface area contributed by atoms with Gasteiger partial charge in [0.2, 0.25) is 0 Å². The molecule has 1 heterocycles. The van der Waals surface area contributed by atoms with Crippen molar-refractivity contribution in [2.24, 2.45) is 0 Å². The van der Waals surface area contributed by atoms with Crippen molar-refractivity contribution < 1.29 is 0 Å². The zero-order valence-corrected chi connectivity index (χ0v) is 9.50. The van der Waals surface area contributed by atoms with E-state index in [0.717, 1.165) is 26.2 Å². The van der Waals surface area contributed by atoms with Crippen molar-refractivity contribution in [1.82, 2.24) is 15.6 Å². The number of nitrogens with zero attached hydrogens (tertiary/aromatic N) is 1. The second-order valence-corrected chi connectivity index (χ2v) is 3.64. The van der Waals surface area contributed by atoms with E-state index < -0.39 is 0 Å². The number of hydrogen-bond donors (Lipinski definition) is 2. The highest BCUT2D eigenvalue weighted by molar-refractivity contribution is 5.07. The first kappa shape index (κ1) is 12.1. The van der Waals surface area contributed by atoms with E-state index in [1.54, 1.807) is 6.20 Å². The van der Waals surface area contributed by atoms with E-state index in [-0.39, 0.29) is 0 Å². The molecule has 0 saturated heterocycles. The Morgan fingerprint density at radius 2 is 2.07 bits per heavy atom. The molecule has 2 N–H and O–H groups in total. The SMILES string of the molecule is CCCNCCCNCc1cccnc1. The molecule has 1 aromatic heterocycles.